The lowest BCUT2D eigenvalue weighted by molar-refractivity contribution is -0.141. The number of H-pyrrole nitrogens is 1. The molecule has 0 fully saturated rings. The summed E-state index contributed by atoms with van der Waals surface area (Å²) in [5.74, 6) is -0.0609. The Hall–Kier alpha value is -1.20. The van der Waals surface area contributed by atoms with E-state index in [1.54, 1.807) is 6.92 Å². The van der Waals surface area contributed by atoms with Gasteiger partial charge in [-0.2, -0.15) is 18.3 Å². The van der Waals surface area contributed by atoms with Gasteiger partial charge in [0.25, 0.3) is 0 Å². The Kier molecular flexibility index (Phi) is 2.49. The fourth-order valence-corrected chi connectivity index (χ4v) is 1.12. The third kappa shape index (κ3) is 1.93. The first-order valence-corrected chi connectivity index (χ1v) is 3.86. The lowest BCUT2D eigenvalue weighted by Crippen LogP contribution is -2.09. The van der Waals surface area contributed by atoms with Gasteiger partial charge in [-0.25, -0.2) is 0 Å². The molecule has 74 valence electrons. The van der Waals surface area contributed by atoms with Crippen molar-refractivity contribution in [3.05, 3.63) is 11.3 Å². The Labute approximate surface area is 73.1 Å². The van der Waals surface area contributed by atoms with Gasteiger partial charge in [0.15, 0.2) is 0 Å². The number of nitrogens with one attached hydrogen (secondary N) is 1. The number of rotatable bonds is 2. The van der Waals surface area contributed by atoms with Gasteiger partial charge in [0.2, 0.25) is 0 Å². The minimum atomic E-state index is -4.39. The van der Waals surface area contributed by atoms with Crippen LogP contribution in [0.1, 0.15) is 24.6 Å². The third-order valence-electron chi connectivity index (χ3n) is 1.68. The van der Waals surface area contributed by atoms with Crippen LogP contribution >= 0.6 is 0 Å². The standard InChI is InChI=1S/C7H10F3N3/c1-2-3-4-5(7(8,9)10)12-13-6(4)11/h2-3H2,1H3,(H3,11,12,13). The SMILES string of the molecule is CCCc1c(N)n[nH]c1C(F)(F)F. The maximum atomic E-state index is 12.3. The van der Waals surface area contributed by atoms with Gasteiger partial charge in [-0.05, 0) is 6.42 Å². The van der Waals surface area contributed by atoms with Gasteiger partial charge in [0.1, 0.15) is 11.5 Å². The van der Waals surface area contributed by atoms with Crippen LogP contribution in [0.3, 0.4) is 0 Å². The van der Waals surface area contributed by atoms with E-state index in [0.717, 1.165) is 0 Å². The smallest absolute Gasteiger partial charge is 0.382 e. The topological polar surface area (TPSA) is 54.7 Å². The molecule has 0 saturated carbocycles. The zero-order valence-corrected chi connectivity index (χ0v) is 7.07. The van der Waals surface area contributed by atoms with E-state index >= 15 is 0 Å². The molecular formula is C7H10F3N3. The Morgan fingerprint density at radius 3 is 2.54 bits per heavy atom. The molecule has 0 radical (unpaired) electrons. The van der Waals surface area contributed by atoms with Crippen LogP contribution < -0.4 is 5.73 Å². The minimum absolute atomic E-state index is 0.0609. The van der Waals surface area contributed by atoms with Crippen LogP contribution in [-0.2, 0) is 12.6 Å². The van der Waals surface area contributed by atoms with Crippen LogP contribution in [0.4, 0.5) is 19.0 Å². The van der Waals surface area contributed by atoms with Crippen LogP contribution in [-0.4, -0.2) is 10.2 Å². The fourth-order valence-electron chi connectivity index (χ4n) is 1.12. The maximum absolute atomic E-state index is 12.3. The molecular weight excluding hydrogens is 183 g/mol. The number of nitrogen functional groups attached to an aromatic ring is 1. The van der Waals surface area contributed by atoms with E-state index in [1.165, 1.54) is 0 Å². The predicted octanol–water partition coefficient (Wildman–Crippen LogP) is 1.96. The lowest BCUT2D eigenvalue weighted by Gasteiger charge is -2.05. The van der Waals surface area contributed by atoms with Gasteiger partial charge in [-0.3, -0.25) is 5.10 Å². The zero-order chi connectivity index (χ0) is 10.1. The molecule has 3 N–H and O–H groups in total. The molecule has 6 heteroatoms. The van der Waals surface area contributed by atoms with Gasteiger partial charge >= 0.3 is 6.18 Å². The van der Waals surface area contributed by atoms with Crippen molar-refractivity contribution >= 4 is 5.82 Å². The van der Waals surface area contributed by atoms with E-state index in [-0.39, 0.29) is 17.8 Å². The Morgan fingerprint density at radius 2 is 2.08 bits per heavy atom. The highest BCUT2D eigenvalue weighted by molar-refractivity contribution is 5.43. The number of nitrogens with two attached hydrogens (primary N) is 1. The molecule has 3 nitrogen and oxygen atoms in total. The van der Waals surface area contributed by atoms with E-state index < -0.39 is 11.9 Å². The normalized spacial score (nSPS) is 12.0. The van der Waals surface area contributed by atoms with E-state index in [1.807, 2.05) is 5.10 Å². The van der Waals surface area contributed by atoms with Crippen LogP contribution in [0.2, 0.25) is 0 Å². The second-order valence-corrected chi connectivity index (χ2v) is 2.71. The van der Waals surface area contributed by atoms with Crippen LogP contribution in [0.25, 0.3) is 0 Å². The highest BCUT2D eigenvalue weighted by Gasteiger charge is 2.36. The molecule has 1 heterocycles. The summed E-state index contributed by atoms with van der Waals surface area (Å²) in [5.41, 5.74) is 4.52. The molecule has 0 atom stereocenters. The van der Waals surface area contributed by atoms with Crippen molar-refractivity contribution in [2.24, 2.45) is 0 Å². The van der Waals surface area contributed by atoms with Crippen molar-refractivity contribution in [3.8, 4) is 0 Å². The van der Waals surface area contributed by atoms with Crippen LogP contribution in [0.5, 0.6) is 0 Å². The monoisotopic (exact) mass is 193 g/mol. The molecule has 0 aliphatic carbocycles. The quantitative estimate of drug-likeness (QED) is 0.754. The summed E-state index contributed by atoms with van der Waals surface area (Å²) < 4.78 is 36.8. The maximum Gasteiger partial charge on any atom is 0.433 e. The summed E-state index contributed by atoms with van der Waals surface area (Å²) in [7, 11) is 0. The number of anilines is 1. The Bertz CT molecular complexity index is 290. The third-order valence-corrected chi connectivity index (χ3v) is 1.68. The predicted molar refractivity (Wildman–Crippen MR) is 42.0 cm³/mol. The van der Waals surface area contributed by atoms with Crippen LogP contribution in [0.15, 0.2) is 0 Å². The first kappa shape index (κ1) is 9.88. The summed E-state index contributed by atoms with van der Waals surface area (Å²) in [6.07, 6.45) is -3.50. The Balaban J connectivity index is 3.07. The van der Waals surface area contributed by atoms with Crippen molar-refractivity contribution in [2.75, 3.05) is 5.73 Å². The first-order chi connectivity index (χ1) is 5.96. The van der Waals surface area contributed by atoms with Crippen LogP contribution in [0, 0.1) is 0 Å². The van der Waals surface area contributed by atoms with Crippen molar-refractivity contribution in [1.82, 2.24) is 10.2 Å². The molecule has 1 aromatic rings. The van der Waals surface area contributed by atoms with Gasteiger partial charge in [0.05, 0.1) is 0 Å². The number of hydrogen-bond acceptors (Lipinski definition) is 2. The molecule has 1 aromatic heterocycles. The molecule has 0 aliphatic rings. The van der Waals surface area contributed by atoms with E-state index in [2.05, 4.69) is 5.10 Å². The van der Waals surface area contributed by atoms with Gasteiger partial charge < -0.3 is 5.73 Å². The summed E-state index contributed by atoms with van der Waals surface area (Å²) >= 11 is 0. The van der Waals surface area contributed by atoms with E-state index in [0.29, 0.717) is 6.42 Å². The first-order valence-electron chi connectivity index (χ1n) is 3.86. The number of aromatic amines is 1. The molecule has 13 heavy (non-hydrogen) atoms. The molecule has 1 rings (SSSR count). The molecule has 0 amide bonds. The molecule has 0 spiro atoms. The van der Waals surface area contributed by atoms with Gasteiger partial charge in [-0.1, -0.05) is 13.3 Å². The number of hydrogen-bond donors (Lipinski definition) is 2. The highest BCUT2D eigenvalue weighted by Crippen LogP contribution is 2.32. The van der Waals surface area contributed by atoms with Crippen molar-refractivity contribution < 1.29 is 13.2 Å². The van der Waals surface area contributed by atoms with Crippen molar-refractivity contribution in [1.29, 1.82) is 0 Å². The lowest BCUT2D eigenvalue weighted by atomic mass is 10.1. The van der Waals surface area contributed by atoms with E-state index in [4.69, 9.17) is 5.73 Å². The number of halogens is 3. The second kappa shape index (κ2) is 3.27. The highest BCUT2D eigenvalue weighted by atomic mass is 19.4. The number of alkyl halides is 3. The van der Waals surface area contributed by atoms with Crippen molar-refractivity contribution in [2.45, 2.75) is 25.9 Å². The average molecular weight is 193 g/mol. The second-order valence-electron chi connectivity index (χ2n) is 2.71. The molecule has 0 saturated heterocycles. The number of aromatic nitrogens is 2. The summed E-state index contributed by atoms with van der Waals surface area (Å²) in [6.45, 7) is 1.78. The van der Waals surface area contributed by atoms with Gasteiger partial charge in [0, 0.05) is 5.56 Å². The Morgan fingerprint density at radius 1 is 1.46 bits per heavy atom. The summed E-state index contributed by atoms with van der Waals surface area (Å²) in [6, 6.07) is 0. The zero-order valence-electron chi connectivity index (χ0n) is 7.07. The van der Waals surface area contributed by atoms with E-state index in [9.17, 15) is 13.2 Å². The molecule has 0 bridgehead atoms. The molecule has 0 aromatic carbocycles. The minimum Gasteiger partial charge on any atom is -0.382 e. The average Bonchev–Trinajstić information content (AvgIpc) is 2.32. The summed E-state index contributed by atoms with van der Waals surface area (Å²) in [4.78, 5) is 0. The number of nitrogens with zero attached hydrogens (tertiary/aromatic N) is 1. The molecule has 0 unspecified atom stereocenters. The molecule has 0 aliphatic heterocycles. The van der Waals surface area contributed by atoms with Gasteiger partial charge in [-0.15, -0.1) is 0 Å². The van der Waals surface area contributed by atoms with Crippen molar-refractivity contribution in [3.63, 3.8) is 0 Å². The largest absolute Gasteiger partial charge is 0.433 e. The summed E-state index contributed by atoms with van der Waals surface area (Å²) in [5, 5.41) is 5.23. The fraction of sp³-hybridized carbons (Fsp3) is 0.571.